The molecule has 1 aliphatic rings. The molecular formula is C25H22N2O2. The van der Waals surface area contributed by atoms with Crippen molar-refractivity contribution in [3.8, 4) is 0 Å². The molecule has 1 aliphatic heterocycles. The molecule has 0 saturated carbocycles. The summed E-state index contributed by atoms with van der Waals surface area (Å²) in [5.41, 5.74) is 4.12. The molecule has 3 aromatic rings. The van der Waals surface area contributed by atoms with Crippen LogP contribution in [0.25, 0.3) is 5.57 Å². The molecule has 0 spiro atoms. The number of nitrogens with zero attached hydrogens (tertiary/aromatic N) is 2. The van der Waals surface area contributed by atoms with E-state index in [0.717, 1.165) is 16.8 Å². The van der Waals surface area contributed by atoms with E-state index in [1.807, 2.05) is 104 Å². The van der Waals surface area contributed by atoms with Crippen molar-refractivity contribution in [2.75, 3.05) is 16.3 Å². The van der Waals surface area contributed by atoms with Crippen LogP contribution in [-0.2, 0) is 9.59 Å². The van der Waals surface area contributed by atoms with Crippen molar-refractivity contribution in [3.63, 3.8) is 0 Å². The maximum Gasteiger partial charge on any atom is 0.282 e. The molecule has 29 heavy (non-hydrogen) atoms. The smallest absolute Gasteiger partial charge is 0.282 e. The molecule has 0 atom stereocenters. The third-order valence-electron chi connectivity index (χ3n) is 5.07. The third kappa shape index (κ3) is 3.34. The lowest BCUT2D eigenvalue weighted by molar-refractivity contribution is -0.120. The van der Waals surface area contributed by atoms with Crippen LogP contribution in [0.4, 0.5) is 11.4 Å². The summed E-state index contributed by atoms with van der Waals surface area (Å²) in [6.07, 6.45) is 0. The Hall–Kier alpha value is -3.66. The molecule has 1 heterocycles. The maximum absolute atomic E-state index is 13.6. The molecule has 144 valence electrons. The predicted octanol–water partition coefficient (Wildman–Crippen LogP) is 4.81. The standard InChI is InChI=1S/C25H22N2O2/c1-3-26(20-12-8-5-9-13-20)23-22(19-10-6-4-7-11-19)24(28)27(25(23)29)21-16-14-18(2)15-17-21/h4-17H,3H2,1-2H3. The van der Waals surface area contributed by atoms with Gasteiger partial charge in [-0.3, -0.25) is 9.59 Å². The van der Waals surface area contributed by atoms with Gasteiger partial charge >= 0.3 is 0 Å². The number of benzene rings is 3. The van der Waals surface area contributed by atoms with Crippen molar-refractivity contribution in [2.45, 2.75) is 13.8 Å². The highest BCUT2D eigenvalue weighted by atomic mass is 16.2. The van der Waals surface area contributed by atoms with Crippen LogP contribution in [0.3, 0.4) is 0 Å². The molecule has 0 aliphatic carbocycles. The van der Waals surface area contributed by atoms with Crippen LogP contribution in [0.2, 0.25) is 0 Å². The third-order valence-corrected chi connectivity index (χ3v) is 5.07. The average molecular weight is 382 g/mol. The molecule has 0 bridgehead atoms. The molecule has 0 saturated heterocycles. The first kappa shape index (κ1) is 18.7. The second-order valence-corrected chi connectivity index (χ2v) is 6.95. The van der Waals surface area contributed by atoms with E-state index in [2.05, 4.69) is 0 Å². The molecule has 2 amide bonds. The van der Waals surface area contributed by atoms with E-state index in [1.54, 1.807) is 0 Å². The van der Waals surface area contributed by atoms with Gasteiger partial charge in [0.25, 0.3) is 11.8 Å². The van der Waals surface area contributed by atoms with Gasteiger partial charge in [0.2, 0.25) is 0 Å². The van der Waals surface area contributed by atoms with Crippen molar-refractivity contribution in [1.82, 2.24) is 0 Å². The van der Waals surface area contributed by atoms with Crippen LogP contribution < -0.4 is 9.80 Å². The topological polar surface area (TPSA) is 40.6 Å². The molecule has 4 nitrogen and oxygen atoms in total. The van der Waals surface area contributed by atoms with E-state index in [1.165, 1.54) is 4.90 Å². The number of carbonyl (C=O) groups is 2. The summed E-state index contributed by atoms with van der Waals surface area (Å²) < 4.78 is 0. The van der Waals surface area contributed by atoms with Crippen molar-refractivity contribution >= 4 is 28.8 Å². The number of amides is 2. The van der Waals surface area contributed by atoms with E-state index in [-0.39, 0.29) is 11.8 Å². The van der Waals surface area contributed by atoms with Crippen LogP contribution in [0, 0.1) is 6.92 Å². The number of aryl methyl sites for hydroxylation is 1. The molecule has 3 aromatic carbocycles. The van der Waals surface area contributed by atoms with Crippen LogP contribution in [0.5, 0.6) is 0 Å². The quantitative estimate of drug-likeness (QED) is 0.595. The van der Waals surface area contributed by atoms with E-state index in [0.29, 0.717) is 23.5 Å². The Labute approximate surface area is 170 Å². The first-order valence-corrected chi connectivity index (χ1v) is 9.69. The number of likely N-dealkylation sites (N-methyl/N-ethyl adjacent to an activating group) is 1. The summed E-state index contributed by atoms with van der Waals surface area (Å²) in [5, 5.41) is 0. The Bertz CT molecular complexity index is 1070. The van der Waals surface area contributed by atoms with Crippen LogP contribution in [-0.4, -0.2) is 18.4 Å². The zero-order chi connectivity index (χ0) is 20.4. The monoisotopic (exact) mass is 382 g/mol. The number of anilines is 2. The lowest BCUT2D eigenvalue weighted by Gasteiger charge is -2.25. The van der Waals surface area contributed by atoms with Gasteiger partial charge in [-0.2, -0.15) is 0 Å². The number of hydrogen-bond donors (Lipinski definition) is 0. The summed E-state index contributed by atoms with van der Waals surface area (Å²) in [4.78, 5) is 30.2. The fourth-order valence-electron chi connectivity index (χ4n) is 3.64. The fourth-order valence-corrected chi connectivity index (χ4v) is 3.64. The van der Waals surface area contributed by atoms with Crippen LogP contribution >= 0.6 is 0 Å². The zero-order valence-corrected chi connectivity index (χ0v) is 16.5. The molecule has 0 fully saturated rings. The molecule has 0 N–H and O–H groups in total. The molecule has 4 heteroatoms. The Morgan fingerprint density at radius 2 is 1.34 bits per heavy atom. The highest BCUT2D eigenvalue weighted by Gasteiger charge is 2.42. The zero-order valence-electron chi connectivity index (χ0n) is 16.5. The average Bonchev–Trinajstić information content (AvgIpc) is 3.01. The maximum atomic E-state index is 13.6. The number of para-hydroxylation sites is 1. The minimum absolute atomic E-state index is 0.297. The van der Waals surface area contributed by atoms with Crippen molar-refractivity contribution < 1.29 is 9.59 Å². The molecule has 0 aromatic heterocycles. The lowest BCUT2D eigenvalue weighted by Crippen LogP contribution is -2.35. The van der Waals surface area contributed by atoms with Gasteiger partial charge in [0.1, 0.15) is 5.70 Å². The van der Waals surface area contributed by atoms with Gasteiger partial charge in [-0.05, 0) is 43.7 Å². The Morgan fingerprint density at radius 1 is 0.759 bits per heavy atom. The van der Waals surface area contributed by atoms with Gasteiger partial charge < -0.3 is 4.90 Å². The number of carbonyl (C=O) groups excluding carboxylic acids is 2. The highest BCUT2D eigenvalue weighted by molar-refractivity contribution is 6.46. The minimum Gasteiger partial charge on any atom is -0.337 e. The lowest BCUT2D eigenvalue weighted by atomic mass is 10.0. The fraction of sp³-hybridized carbons (Fsp3) is 0.120. The largest absolute Gasteiger partial charge is 0.337 e. The number of imide groups is 1. The minimum atomic E-state index is -0.302. The molecule has 0 unspecified atom stereocenters. The van der Waals surface area contributed by atoms with Crippen LogP contribution in [0.1, 0.15) is 18.1 Å². The van der Waals surface area contributed by atoms with Gasteiger partial charge in [-0.25, -0.2) is 4.90 Å². The number of rotatable bonds is 5. The summed E-state index contributed by atoms with van der Waals surface area (Å²) in [6, 6.07) is 26.5. The first-order valence-electron chi connectivity index (χ1n) is 9.69. The van der Waals surface area contributed by atoms with Crippen molar-refractivity contribution in [3.05, 3.63) is 102 Å². The van der Waals surface area contributed by atoms with Gasteiger partial charge in [-0.1, -0.05) is 66.2 Å². The molecule has 4 rings (SSSR count). The summed E-state index contributed by atoms with van der Waals surface area (Å²) in [5.74, 6) is -0.599. The summed E-state index contributed by atoms with van der Waals surface area (Å²) >= 11 is 0. The van der Waals surface area contributed by atoms with E-state index >= 15 is 0 Å². The van der Waals surface area contributed by atoms with Gasteiger partial charge in [-0.15, -0.1) is 0 Å². The van der Waals surface area contributed by atoms with Crippen LogP contribution in [0.15, 0.2) is 90.6 Å². The second kappa shape index (κ2) is 7.76. The number of hydrogen-bond acceptors (Lipinski definition) is 3. The second-order valence-electron chi connectivity index (χ2n) is 6.95. The first-order chi connectivity index (χ1) is 14.1. The van der Waals surface area contributed by atoms with Gasteiger partial charge in [0, 0.05) is 12.2 Å². The Kier molecular flexibility index (Phi) is 5.00. The Morgan fingerprint density at radius 3 is 1.93 bits per heavy atom. The summed E-state index contributed by atoms with van der Waals surface area (Å²) in [7, 11) is 0. The summed E-state index contributed by atoms with van der Waals surface area (Å²) in [6.45, 7) is 4.52. The van der Waals surface area contributed by atoms with Crippen molar-refractivity contribution in [2.24, 2.45) is 0 Å². The van der Waals surface area contributed by atoms with Gasteiger partial charge in [0.15, 0.2) is 0 Å². The SMILES string of the molecule is CCN(C1=C(c2ccccc2)C(=O)N(c2ccc(C)cc2)C1=O)c1ccccc1. The van der Waals surface area contributed by atoms with Gasteiger partial charge in [0.05, 0.1) is 11.3 Å². The predicted molar refractivity (Wildman–Crippen MR) is 116 cm³/mol. The van der Waals surface area contributed by atoms with E-state index in [4.69, 9.17) is 0 Å². The Balaban J connectivity index is 1.89. The molecular weight excluding hydrogens is 360 g/mol. The van der Waals surface area contributed by atoms with E-state index in [9.17, 15) is 9.59 Å². The normalized spacial score (nSPS) is 13.9. The molecule has 0 radical (unpaired) electrons. The van der Waals surface area contributed by atoms with Crippen molar-refractivity contribution in [1.29, 1.82) is 0 Å². The van der Waals surface area contributed by atoms with E-state index < -0.39 is 0 Å². The highest BCUT2D eigenvalue weighted by Crippen LogP contribution is 2.36.